The molecule has 0 aromatic heterocycles. The molecule has 1 unspecified atom stereocenters. The van der Waals surface area contributed by atoms with Crippen LogP contribution in [0.1, 0.15) is 30.5 Å². The van der Waals surface area contributed by atoms with Crippen molar-refractivity contribution in [3.8, 4) is 0 Å². The van der Waals surface area contributed by atoms with E-state index < -0.39 is 5.60 Å². The molecular weight excluding hydrogens is 198 g/mol. The van der Waals surface area contributed by atoms with Crippen molar-refractivity contribution in [3.05, 3.63) is 34.9 Å². The molecule has 0 spiro atoms. The maximum atomic E-state index is 10.3. The summed E-state index contributed by atoms with van der Waals surface area (Å²) in [5.41, 5.74) is 3.07. The second kappa shape index (κ2) is 5.46. The summed E-state index contributed by atoms with van der Waals surface area (Å²) < 4.78 is 0. The average Bonchev–Trinajstić information content (AvgIpc) is 2.20. The molecule has 0 saturated heterocycles. The summed E-state index contributed by atoms with van der Waals surface area (Å²) in [6.45, 7) is 9.64. The number of likely N-dealkylation sites (N-methyl/N-ethyl adjacent to an activating group) is 1. The zero-order valence-corrected chi connectivity index (χ0v) is 10.8. The lowest BCUT2D eigenvalue weighted by molar-refractivity contribution is 0.0606. The number of rotatable bonds is 5. The van der Waals surface area contributed by atoms with E-state index in [9.17, 15) is 5.11 Å². The van der Waals surface area contributed by atoms with E-state index >= 15 is 0 Å². The third kappa shape index (κ3) is 3.95. The van der Waals surface area contributed by atoms with Crippen LogP contribution in [0, 0.1) is 13.8 Å². The molecule has 90 valence electrons. The minimum absolute atomic E-state index is 0.636. The first kappa shape index (κ1) is 13.2. The van der Waals surface area contributed by atoms with Crippen molar-refractivity contribution in [2.45, 2.75) is 39.7 Å². The molecule has 1 aromatic rings. The molecule has 16 heavy (non-hydrogen) atoms. The number of nitrogens with one attached hydrogen (secondary N) is 1. The van der Waals surface area contributed by atoms with Gasteiger partial charge in [-0.25, -0.2) is 0 Å². The van der Waals surface area contributed by atoms with Gasteiger partial charge >= 0.3 is 0 Å². The Labute approximate surface area is 98.7 Å². The lowest BCUT2D eigenvalue weighted by Crippen LogP contribution is -2.39. The molecule has 2 nitrogen and oxygen atoms in total. The Morgan fingerprint density at radius 1 is 1.31 bits per heavy atom. The van der Waals surface area contributed by atoms with E-state index in [1.807, 2.05) is 13.8 Å². The maximum Gasteiger partial charge on any atom is 0.0783 e. The molecule has 0 fully saturated rings. The van der Waals surface area contributed by atoms with Crippen molar-refractivity contribution >= 4 is 0 Å². The molecule has 0 radical (unpaired) electrons. The third-order valence-corrected chi connectivity index (χ3v) is 2.83. The van der Waals surface area contributed by atoms with Gasteiger partial charge in [0.2, 0.25) is 0 Å². The third-order valence-electron chi connectivity index (χ3n) is 2.83. The number of aryl methyl sites for hydroxylation is 2. The van der Waals surface area contributed by atoms with E-state index in [-0.39, 0.29) is 0 Å². The lowest BCUT2D eigenvalue weighted by atomic mass is 9.92. The highest BCUT2D eigenvalue weighted by molar-refractivity contribution is 5.31. The van der Waals surface area contributed by atoms with Crippen molar-refractivity contribution in [2.24, 2.45) is 0 Å². The Morgan fingerprint density at radius 2 is 2.00 bits per heavy atom. The Morgan fingerprint density at radius 3 is 2.62 bits per heavy atom. The van der Waals surface area contributed by atoms with E-state index in [0.29, 0.717) is 13.0 Å². The van der Waals surface area contributed by atoms with Crippen molar-refractivity contribution in [3.63, 3.8) is 0 Å². The van der Waals surface area contributed by atoms with Gasteiger partial charge in [0.1, 0.15) is 0 Å². The fourth-order valence-electron chi connectivity index (χ4n) is 1.86. The maximum absolute atomic E-state index is 10.3. The van der Waals surface area contributed by atoms with Crippen LogP contribution < -0.4 is 5.32 Å². The van der Waals surface area contributed by atoms with E-state index in [1.165, 1.54) is 16.7 Å². The smallest absolute Gasteiger partial charge is 0.0783 e. The van der Waals surface area contributed by atoms with Crippen LogP contribution in [0.25, 0.3) is 0 Å². The molecule has 1 rings (SSSR count). The van der Waals surface area contributed by atoms with Crippen LogP contribution in [-0.4, -0.2) is 23.8 Å². The monoisotopic (exact) mass is 221 g/mol. The minimum Gasteiger partial charge on any atom is -0.389 e. The molecule has 2 N–H and O–H groups in total. The molecule has 0 amide bonds. The van der Waals surface area contributed by atoms with Gasteiger partial charge in [-0.3, -0.25) is 0 Å². The van der Waals surface area contributed by atoms with Crippen molar-refractivity contribution in [1.82, 2.24) is 5.32 Å². The first-order valence-electron chi connectivity index (χ1n) is 5.94. The molecule has 0 saturated carbocycles. The fourth-order valence-corrected chi connectivity index (χ4v) is 1.86. The van der Waals surface area contributed by atoms with Gasteiger partial charge in [0.15, 0.2) is 0 Å². The Hall–Kier alpha value is -0.860. The molecule has 0 aliphatic rings. The molecule has 2 heteroatoms. The van der Waals surface area contributed by atoms with Crippen LogP contribution in [0.2, 0.25) is 0 Å². The first-order valence-corrected chi connectivity index (χ1v) is 5.94. The highest BCUT2D eigenvalue weighted by Gasteiger charge is 2.20. The number of hydrogen-bond acceptors (Lipinski definition) is 2. The Balaban J connectivity index is 2.74. The Kier molecular flexibility index (Phi) is 4.51. The summed E-state index contributed by atoms with van der Waals surface area (Å²) in [6.07, 6.45) is 0.702. The van der Waals surface area contributed by atoms with Gasteiger partial charge in [0.25, 0.3) is 0 Å². The summed E-state index contributed by atoms with van der Waals surface area (Å²) in [5.74, 6) is 0. The minimum atomic E-state index is -0.672. The van der Waals surface area contributed by atoms with Crippen LogP contribution in [0.5, 0.6) is 0 Å². The number of hydrogen-bond donors (Lipinski definition) is 2. The first-order chi connectivity index (χ1) is 7.44. The zero-order valence-electron chi connectivity index (χ0n) is 10.8. The van der Waals surface area contributed by atoms with Crippen LogP contribution in [-0.2, 0) is 6.42 Å². The largest absolute Gasteiger partial charge is 0.389 e. The summed E-state index contributed by atoms with van der Waals surface area (Å²) in [6, 6.07) is 6.39. The molecule has 1 atom stereocenters. The molecular formula is C14H23NO. The van der Waals surface area contributed by atoms with Crippen molar-refractivity contribution < 1.29 is 5.11 Å². The van der Waals surface area contributed by atoms with Gasteiger partial charge in [-0.05, 0) is 38.4 Å². The topological polar surface area (TPSA) is 32.3 Å². The zero-order chi connectivity index (χ0) is 12.2. The summed E-state index contributed by atoms with van der Waals surface area (Å²) >= 11 is 0. The normalized spacial score (nSPS) is 14.8. The predicted molar refractivity (Wildman–Crippen MR) is 68.8 cm³/mol. The van der Waals surface area contributed by atoms with Gasteiger partial charge < -0.3 is 10.4 Å². The van der Waals surface area contributed by atoms with Crippen LogP contribution >= 0.6 is 0 Å². The molecule has 0 aliphatic carbocycles. The molecule has 0 aliphatic heterocycles. The molecule has 0 heterocycles. The van der Waals surface area contributed by atoms with E-state index in [0.717, 1.165) is 6.54 Å². The number of aliphatic hydroxyl groups is 1. The van der Waals surface area contributed by atoms with E-state index in [1.54, 1.807) is 0 Å². The van der Waals surface area contributed by atoms with Gasteiger partial charge in [0.05, 0.1) is 5.60 Å². The van der Waals surface area contributed by atoms with E-state index in [4.69, 9.17) is 0 Å². The van der Waals surface area contributed by atoms with Crippen molar-refractivity contribution in [2.75, 3.05) is 13.1 Å². The quantitative estimate of drug-likeness (QED) is 0.799. The second-order valence-electron chi connectivity index (χ2n) is 4.88. The van der Waals surface area contributed by atoms with Crippen LogP contribution in [0.15, 0.2) is 18.2 Å². The summed E-state index contributed by atoms with van der Waals surface area (Å²) in [7, 11) is 0. The highest BCUT2D eigenvalue weighted by atomic mass is 16.3. The number of benzene rings is 1. The fraction of sp³-hybridized carbons (Fsp3) is 0.571. The standard InChI is InChI=1S/C14H23NO/c1-5-15-10-14(4,16)9-13-8-11(2)6-7-12(13)3/h6-8,15-16H,5,9-10H2,1-4H3. The van der Waals surface area contributed by atoms with Gasteiger partial charge in [0, 0.05) is 13.0 Å². The summed E-state index contributed by atoms with van der Waals surface area (Å²) in [4.78, 5) is 0. The average molecular weight is 221 g/mol. The van der Waals surface area contributed by atoms with Crippen molar-refractivity contribution in [1.29, 1.82) is 0 Å². The SMILES string of the molecule is CCNCC(C)(O)Cc1cc(C)ccc1C. The highest BCUT2D eigenvalue weighted by Crippen LogP contribution is 2.17. The molecule has 1 aromatic carbocycles. The van der Waals surface area contributed by atoms with Gasteiger partial charge in [-0.1, -0.05) is 30.7 Å². The predicted octanol–water partition coefficient (Wildman–Crippen LogP) is 2.21. The lowest BCUT2D eigenvalue weighted by Gasteiger charge is -2.24. The van der Waals surface area contributed by atoms with Gasteiger partial charge in [-0.15, -0.1) is 0 Å². The van der Waals surface area contributed by atoms with Crippen LogP contribution in [0.4, 0.5) is 0 Å². The van der Waals surface area contributed by atoms with E-state index in [2.05, 4.69) is 37.4 Å². The summed E-state index contributed by atoms with van der Waals surface area (Å²) in [5, 5.41) is 13.4. The van der Waals surface area contributed by atoms with Crippen LogP contribution in [0.3, 0.4) is 0 Å². The second-order valence-corrected chi connectivity index (χ2v) is 4.88. The molecule has 0 bridgehead atoms. The Bertz CT molecular complexity index is 345. The van der Waals surface area contributed by atoms with Gasteiger partial charge in [-0.2, -0.15) is 0 Å².